The zero-order valence-electron chi connectivity index (χ0n) is 16.4. The van der Waals surface area contributed by atoms with Gasteiger partial charge in [-0.1, -0.05) is 48.5 Å². The van der Waals surface area contributed by atoms with Gasteiger partial charge in [-0.25, -0.2) is 0 Å². The van der Waals surface area contributed by atoms with E-state index in [2.05, 4.69) is 0 Å². The number of amides is 1. The summed E-state index contributed by atoms with van der Waals surface area (Å²) in [6, 6.07) is 19.8. The van der Waals surface area contributed by atoms with E-state index in [9.17, 15) is 14.7 Å². The first-order valence-corrected chi connectivity index (χ1v) is 10.5. The number of carbonyl (C=O) groups is 2. The molecule has 1 aliphatic heterocycles. The Bertz CT molecular complexity index is 1090. The minimum absolute atomic E-state index is 0.115. The van der Waals surface area contributed by atoms with Gasteiger partial charge in [0.25, 0.3) is 11.7 Å². The average Bonchev–Trinajstić information content (AvgIpc) is 3.40. The summed E-state index contributed by atoms with van der Waals surface area (Å²) in [5, 5.41) is 12.9. The predicted octanol–water partition coefficient (Wildman–Crippen LogP) is 4.42. The average molecular weight is 420 g/mol. The summed E-state index contributed by atoms with van der Waals surface area (Å²) in [6.45, 7) is 0.381. The van der Waals surface area contributed by atoms with Gasteiger partial charge in [0.1, 0.15) is 11.5 Å². The number of hydrogen-bond donors (Lipinski definition) is 1. The molecule has 1 aromatic heterocycles. The Kier molecular flexibility index (Phi) is 5.68. The van der Waals surface area contributed by atoms with Crippen LogP contribution in [0.2, 0.25) is 0 Å². The van der Waals surface area contributed by atoms with E-state index in [1.54, 1.807) is 29.2 Å². The molecule has 5 nitrogen and oxygen atoms in total. The Balaban J connectivity index is 1.75. The molecule has 4 rings (SSSR count). The number of hydrogen-bond acceptors (Lipinski definition) is 5. The third-order valence-electron chi connectivity index (χ3n) is 5.18. The lowest BCUT2D eigenvalue weighted by Gasteiger charge is -2.24. The van der Waals surface area contributed by atoms with E-state index in [-0.39, 0.29) is 11.3 Å². The summed E-state index contributed by atoms with van der Waals surface area (Å²) in [6.07, 6.45) is 0.620. The van der Waals surface area contributed by atoms with Crippen molar-refractivity contribution in [3.8, 4) is 5.75 Å². The summed E-state index contributed by atoms with van der Waals surface area (Å²) >= 11 is 1.46. The number of Topliss-reactive ketones (excluding diaryl/α,β-unsaturated/α-hetero) is 1. The maximum absolute atomic E-state index is 13.0. The molecule has 152 valence electrons. The SMILES string of the molecule is COc1cccc(/C(O)=C2\C(=O)C(=O)N(CCc3ccccc3)C2c2cccs2)c1. The molecular formula is C24H21NO4S. The van der Waals surface area contributed by atoms with Crippen LogP contribution in [0.15, 0.2) is 77.7 Å². The summed E-state index contributed by atoms with van der Waals surface area (Å²) in [5.41, 5.74) is 1.64. The predicted molar refractivity (Wildman–Crippen MR) is 116 cm³/mol. The van der Waals surface area contributed by atoms with Crippen LogP contribution in [0.5, 0.6) is 5.75 Å². The number of thiophene rings is 1. The van der Waals surface area contributed by atoms with E-state index in [1.165, 1.54) is 18.4 Å². The molecule has 1 N–H and O–H groups in total. The lowest BCUT2D eigenvalue weighted by molar-refractivity contribution is -0.139. The molecule has 1 amide bonds. The fourth-order valence-electron chi connectivity index (χ4n) is 3.67. The number of benzene rings is 2. The molecule has 0 radical (unpaired) electrons. The molecule has 6 heteroatoms. The molecule has 1 fully saturated rings. The Labute approximate surface area is 178 Å². The summed E-state index contributed by atoms with van der Waals surface area (Å²) in [4.78, 5) is 28.3. The third kappa shape index (κ3) is 3.74. The molecule has 2 aromatic carbocycles. The lowest BCUT2D eigenvalue weighted by atomic mass is 9.99. The second-order valence-corrected chi connectivity index (χ2v) is 7.95. The van der Waals surface area contributed by atoms with Crippen molar-refractivity contribution >= 4 is 28.8 Å². The van der Waals surface area contributed by atoms with Crippen LogP contribution in [0.25, 0.3) is 5.76 Å². The highest BCUT2D eigenvalue weighted by Gasteiger charge is 2.46. The van der Waals surface area contributed by atoms with Crippen molar-refractivity contribution in [3.05, 3.63) is 93.7 Å². The van der Waals surface area contributed by atoms with E-state index in [1.807, 2.05) is 47.8 Å². The largest absolute Gasteiger partial charge is 0.507 e. The van der Waals surface area contributed by atoms with Crippen LogP contribution < -0.4 is 4.74 Å². The molecule has 1 atom stereocenters. The van der Waals surface area contributed by atoms with Crippen LogP contribution >= 0.6 is 11.3 Å². The van der Waals surface area contributed by atoms with Crippen molar-refractivity contribution in [2.24, 2.45) is 0 Å². The van der Waals surface area contributed by atoms with Crippen molar-refractivity contribution in [1.82, 2.24) is 4.90 Å². The number of aliphatic hydroxyl groups excluding tert-OH is 1. The van der Waals surface area contributed by atoms with Crippen LogP contribution in [-0.4, -0.2) is 35.4 Å². The molecule has 3 aromatic rings. The fraction of sp³-hybridized carbons (Fsp3) is 0.167. The maximum Gasteiger partial charge on any atom is 0.295 e. The Morgan fingerprint density at radius 1 is 1.07 bits per heavy atom. The molecule has 0 spiro atoms. The zero-order valence-corrected chi connectivity index (χ0v) is 17.3. The smallest absolute Gasteiger partial charge is 0.295 e. The number of carbonyl (C=O) groups excluding carboxylic acids is 2. The van der Waals surface area contributed by atoms with Gasteiger partial charge >= 0.3 is 0 Å². The number of methoxy groups -OCH3 is 1. The second kappa shape index (κ2) is 8.55. The van der Waals surface area contributed by atoms with E-state index < -0.39 is 17.7 Å². The quantitative estimate of drug-likeness (QED) is 0.365. The molecule has 1 saturated heterocycles. The molecule has 30 heavy (non-hydrogen) atoms. The third-order valence-corrected chi connectivity index (χ3v) is 6.10. The van der Waals surface area contributed by atoms with Gasteiger partial charge in [-0.15, -0.1) is 11.3 Å². The van der Waals surface area contributed by atoms with Crippen molar-refractivity contribution in [2.45, 2.75) is 12.5 Å². The van der Waals surface area contributed by atoms with Gasteiger partial charge in [-0.05, 0) is 35.6 Å². The molecule has 1 aliphatic rings. The van der Waals surface area contributed by atoms with E-state index in [0.717, 1.165) is 10.4 Å². The van der Waals surface area contributed by atoms with Crippen LogP contribution in [0.1, 0.15) is 22.0 Å². The monoisotopic (exact) mass is 419 g/mol. The fourth-order valence-corrected chi connectivity index (χ4v) is 4.52. The van der Waals surface area contributed by atoms with Gasteiger partial charge in [-0.3, -0.25) is 9.59 Å². The zero-order chi connectivity index (χ0) is 21.1. The maximum atomic E-state index is 13.0. The first-order valence-electron chi connectivity index (χ1n) is 9.60. The van der Waals surface area contributed by atoms with Gasteiger partial charge in [0.05, 0.1) is 18.7 Å². The van der Waals surface area contributed by atoms with Crippen molar-refractivity contribution in [2.75, 3.05) is 13.7 Å². The van der Waals surface area contributed by atoms with Crippen molar-refractivity contribution < 1.29 is 19.4 Å². The van der Waals surface area contributed by atoms with Crippen LogP contribution in [0.4, 0.5) is 0 Å². The number of nitrogens with zero attached hydrogens (tertiary/aromatic N) is 1. The Morgan fingerprint density at radius 3 is 2.57 bits per heavy atom. The lowest BCUT2D eigenvalue weighted by Crippen LogP contribution is -2.31. The van der Waals surface area contributed by atoms with Crippen LogP contribution in [-0.2, 0) is 16.0 Å². The van der Waals surface area contributed by atoms with Gasteiger partial charge in [0.2, 0.25) is 0 Å². The number of ketones is 1. The number of ether oxygens (including phenoxy) is 1. The normalized spacial score (nSPS) is 18.0. The summed E-state index contributed by atoms with van der Waals surface area (Å²) in [7, 11) is 1.54. The standard InChI is InChI=1S/C24H21NO4S/c1-29-18-10-5-9-17(15-18)22(26)20-21(19-11-6-14-30-19)25(24(28)23(20)27)13-12-16-7-3-2-4-8-16/h2-11,14-15,21,26H,12-13H2,1H3/b22-20+. The van der Waals surface area contributed by atoms with Crippen LogP contribution in [0, 0.1) is 0 Å². The van der Waals surface area contributed by atoms with E-state index >= 15 is 0 Å². The molecule has 0 bridgehead atoms. The van der Waals surface area contributed by atoms with Gasteiger partial charge in [-0.2, -0.15) is 0 Å². The number of aliphatic hydroxyl groups is 1. The molecule has 0 aliphatic carbocycles. The minimum atomic E-state index is -0.665. The highest BCUT2D eigenvalue weighted by Crippen LogP contribution is 2.41. The topological polar surface area (TPSA) is 66.8 Å². The highest BCUT2D eigenvalue weighted by molar-refractivity contribution is 7.10. The van der Waals surface area contributed by atoms with Gasteiger partial charge in [0, 0.05) is 17.0 Å². The molecular weight excluding hydrogens is 398 g/mol. The van der Waals surface area contributed by atoms with Gasteiger partial charge in [0.15, 0.2) is 0 Å². The first kappa shape index (κ1) is 19.9. The number of rotatable bonds is 6. The number of likely N-dealkylation sites (tertiary alicyclic amines) is 1. The Hall–Kier alpha value is -3.38. The molecule has 2 heterocycles. The Morgan fingerprint density at radius 2 is 1.87 bits per heavy atom. The summed E-state index contributed by atoms with van der Waals surface area (Å²) in [5.74, 6) is -0.881. The van der Waals surface area contributed by atoms with Crippen molar-refractivity contribution in [3.63, 3.8) is 0 Å². The first-order chi connectivity index (χ1) is 14.6. The summed E-state index contributed by atoms with van der Waals surface area (Å²) < 4.78 is 5.23. The molecule has 0 saturated carbocycles. The molecule has 1 unspecified atom stereocenters. The highest BCUT2D eigenvalue weighted by atomic mass is 32.1. The van der Waals surface area contributed by atoms with Crippen LogP contribution in [0.3, 0.4) is 0 Å². The van der Waals surface area contributed by atoms with Gasteiger partial charge < -0.3 is 14.7 Å². The van der Waals surface area contributed by atoms with E-state index in [0.29, 0.717) is 24.3 Å². The second-order valence-electron chi connectivity index (χ2n) is 6.98. The van der Waals surface area contributed by atoms with Crippen molar-refractivity contribution in [1.29, 1.82) is 0 Å². The van der Waals surface area contributed by atoms with E-state index in [4.69, 9.17) is 4.74 Å². The minimum Gasteiger partial charge on any atom is -0.507 e.